The first kappa shape index (κ1) is 32.1. The third-order valence-electron chi connectivity index (χ3n) is 5.64. The predicted molar refractivity (Wildman–Crippen MR) is 119 cm³/mol. The van der Waals surface area contributed by atoms with E-state index < -0.39 is 21.5 Å². The normalized spacial score (nSPS) is 13.8. The maximum absolute atomic E-state index is 11.2. The summed E-state index contributed by atoms with van der Waals surface area (Å²) in [7, 11) is -4.29. The van der Waals surface area contributed by atoms with Gasteiger partial charge >= 0.3 is 29.6 Å². The summed E-state index contributed by atoms with van der Waals surface area (Å²) < 4.78 is 33.6. The van der Waals surface area contributed by atoms with Gasteiger partial charge in [0.15, 0.2) is 0 Å². The average molecular weight is 443 g/mol. The Hall–Kier alpha value is 0.870. The Morgan fingerprint density at radius 3 is 1.28 bits per heavy atom. The van der Waals surface area contributed by atoms with Gasteiger partial charge in [0.05, 0.1) is 21.5 Å². The molecule has 0 bridgehead atoms. The van der Waals surface area contributed by atoms with Gasteiger partial charge in [-0.3, -0.25) is 0 Å². The van der Waals surface area contributed by atoms with E-state index in [2.05, 4.69) is 6.92 Å². The Bertz CT molecular complexity index is 427. The largest absolute Gasteiger partial charge is 1.00 e. The van der Waals surface area contributed by atoms with Gasteiger partial charge in [-0.25, -0.2) is 8.42 Å². The van der Waals surface area contributed by atoms with Gasteiger partial charge < -0.3 is 9.66 Å². The number of aliphatic hydroxyl groups excluding tert-OH is 1. The Kier molecular flexibility index (Phi) is 24.4. The van der Waals surface area contributed by atoms with Crippen molar-refractivity contribution in [3.63, 3.8) is 0 Å². The Labute approximate surface area is 204 Å². The molecule has 6 heteroatoms. The van der Waals surface area contributed by atoms with E-state index in [1.54, 1.807) is 0 Å². The van der Waals surface area contributed by atoms with Crippen molar-refractivity contribution in [3.8, 4) is 0 Å². The summed E-state index contributed by atoms with van der Waals surface area (Å²) >= 11 is 0. The Balaban J connectivity index is 0. The number of aliphatic hydroxyl groups is 1. The van der Waals surface area contributed by atoms with Crippen molar-refractivity contribution < 1.29 is 47.6 Å². The predicted octanol–water partition coefficient (Wildman–Crippen LogP) is 3.72. The van der Waals surface area contributed by atoms with Crippen molar-refractivity contribution >= 4 is 10.1 Å². The minimum Gasteiger partial charge on any atom is -0.748 e. The van der Waals surface area contributed by atoms with E-state index in [9.17, 15) is 18.1 Å². The zero-order valence-corrected chi connectivity index (χ0v) is 22.5. The molecule has 0 aromatic rings. The second-order valence-corrected chi connectivity index (χ2v) is 10.3. The van der Waals surface area contributed by atoms with Crippen molar-refractivity contribution in [2.24, 2.45) is 0 Å². The zero-order valence-electron chi connectivity index (χ0n) is 19.7. The van der Waals surface area contributed by atoms with Crippen LogP contribution in [0.15, 0.2) is 0 Å². The van der Waals surface area contributed by atoms with Crippen LogP contribution >= 0.6 is 0 Å². The van der Waals surface area contributed by atoms with Gasteiger partial charge in [-0.15, -0.1) is 0 Å². The molecule has 0 fully saturated rings. The summed E-state index contributed by atoms with van der Waals surface area (Å²) in [6.45, 7) is 3.80. The van der Waals surface area contributed by atoms with Crippen molar-refractivity contribution in [2.75, 3.05) is 0 Å². The molecule has 2 unspecified atom stereocenters. The molecule has 0 amide bonds. The van der Waals surface area contributed by atoms with Gasteiger partial charge in [-0.2, -0.15) is 0 Å². The van der Waals surface area contributed by atoms with Crippen molar-refractivity contribution in [3.05, 3.63) is 0 Å². The van der Waals surface area contributed by atoms with Crippen LogP contribution in [-0.4, -0.2) is 29.4 Å². The SMILES string of the molecule is CCCCCCCCCCCCCCCCCCCC(CC(C)O)S(=O)(=O)[O-].[Na+]. The summed E-state index contributed by atoms with van der Waals surface area (Å²) in [5.41, 5.74) is 0. The van der Waals surface area contributed by atoms with Crippen molar-refractivity contribution in [2.45, 2.75) is 147 Å². The second-order valence-electron chi connectivity index (χ2n) is 8.65. The monoisotopic (exact) mass is 442 g/mol. The van der Waals surface area contributed by atoms with Crippen LogP contribution in [-0.2, 0) is 10.1 Å². The fourth-order valence-electron chi connectivity index (χ4n) is 3.86. The van der Waals surface area contributed by atoms with Gasteiger partial charge in [-0.05, 0) is 19.8 Å². The minimum atomic E-state index is -4.29. The molecule has 0 aliphatic rings. The maximum atomic E-state index is 11.2. The molecule has 0 aliphatic carbocycles. The standard InChI is InChI=1S/C23H48O4S.Na/c1-3-4-5-6-7-8-9-10-11-12-13-14-15-16-17-18-19-20-23(21-22(2)24)28(25,26)27;/h22-24H,3-21H2,1-2H3,(H,25,26,27);/q;+1/p-1. The van der Waals surface area contributed by atoms with Crippen LogP contribution in [0.4, 0.5) is 0 Å². The van der Waals surface area contributed by atoms with Crippen LogP contribution < -0.4 is 29.6 Å². The van der Waals surface area contributed by atoms with Crippen LogP contribution in [0.1, 0.15) is 136 Å². The zero-order chi connectivity index (χ0) is 21.1. The molecule has 0 saturated carbocycles. The molecular weight excluding hydrogens is 395 g/mol. The summed E-state index contributed by atoms with van der Waals surface area (Å²) in [6, 6.07) is 0. The third kappa shape index (κ3) is 23.4. The molecule has 0 heterocycles. The topological polar surface area (TPSA) is 77.4 Å². The van der Waals surface area contributed by atoms with Crippen LogP contribution in [0.5, 0.6) is 0 Å². The second kappa shape index (κ2) is 22.1. The summed E-state index contributed by atoms with van der Waals surface area (Å²) in [6.07, 6.45) is 21.6. The fourth-order valence-corrected chi connectivity index (χ4v) is 4.83. The maximum Gasteiger partial charge on any atom is 1.00 e. The molecule has 0 aromatic carbocycles. The molecule has 29 heavy (non-hydrogen) atoms. The van der Waals surface area contributed by atoms with Crippen LogP contribution in [0.25, 0.3) is 0 Å². The van der Waals surface area contributed by atoms with Crippen LogP contribution in [0.3, 0.4) is 0 Å². The van der Waals surface area contributed by atoms with Crippen LogP contribution in [0, 0.1) is 0 Å². The van der Waals surface area contributed by atoms with Crippen molar-refractivity contribution in [1.82, 2.24) is 0 Å². The minimum absolute atomic E-state index is 0. The fraction of sp³-hybridized carbons (Fsp3) is 1.00. The first-order valence-electron chi connectivity index (χ1n) is 12.0. The molecule has 0 saturated heterocycles. The summed E-state index contributed by atoms with van der Waals surface area (Å²) in [5, 5.41) is 8.40. The van der Waals surface area contributed by atoms with E-state index in [1.165, 1.54) is 96.8 Å². The first-order chi connectivity index (χ1) is 13.4. The smallest absolute Gasteiger partial charge is 0.748 e. The Morgan fingerprint density at radius 1 is 0.690 bits per heavy atom. The number of hydrogen-bond donors (Lipinski definition) is 1. The summed E-state index contributed by atoms with van der Waals surface area (Å²) in [5.74, 6) is 0. The molecule has 4 nitrogen and oxygen atoms in total. The quantitative estimate of drug-likeness (QED) is 0.167. The first-order valence-corrected chi connectivity index (χ1v) is 13.5. The van der Waals surface area contributed by atoms with E-state index in [4.69, 9.17) is 0 Å². The van der Waals surface area contributed by atoms with Gasteiger partial charge in [0.1, 0.15) is 0 Å². The van der Waals surface area contributed by atoms with Crippen molar-refractivity contribution in [1.29, 1.82) is 0 Å². The van der Waals surface area contributed by atoms with Crippen LogP contribution in [0.2, 0.25) is 0 Å². The number of hydrogen-bond acceptors (Lipinski definition) is 4. The average Bonchev–Trinajstić information content (AvgIpc) is 2.62. The molecule has 1 N–H and O–H groups in total. The van der Waals surface area contributed by atoms with E-state index in [0.29, 0.717) is 6.42 Å². The van der Waals surface area contributed by atoms with E-state index in [-0.39, 0.29) is 36.0 Å². The molecule has 0 aliphatic heterocycles. The van der Waals surface area contributed by atoms with Gasteiger partial charge in [-0.1, -0.05) is 116 Å². The van der Waals surface area contributed by atoms with Gasteiger partial charge in [0.25, 0.3) is 0 Å². The van der Waals surface area contributed by atoms with E-state index >= 15 is 0 Å². The molecule has 2 atom stereocenters. The van der Waals surface area contributed by atoms with Gasteiger partial charge in [0.2, 0.25) is 0 Å². The molecule has 0 spiro atoms. The molecule has 0 aromatic heterocycles. The van der Waals surface area contributed by atoms with E-state index in [1.807, 2.05) is 0 Å². The third-order valence-corrected chi connectivity index (χ3v) is 6.89. The Morgan fingerprint density at radius 2 is 1.00 bits per heavy atom. The number of unbranched alkanes of at least 4 members (excludes halogenated alkanes) is 16. The molecule has 0 rings (SSSR count). The molecule has 170 valence electrons. The summed E-state index contributed by atoms with van der Waals surface area (Å²) in [4.78, 5) is 0. The van der Waals surface area contributed by atoms with E-state index in [0.717, 1.165) is 19.3 Å². The number of rotatable bonds is 21. The van der Waals surface area contributed by atoms with Gasteiger partial charge in [0, 0.05) is 0 Å². The molecule has 0 radical (unpaired) electrons. The molecular formula is C23H47NaO4S.